The van der Waals surface area contributed by atoms with Gasteiger partial charge in [-0.05, 0) is 31.0 Å². The first-order valence-corrected chi connectivity index (χ1v) is 9.76. The molecule has 1 amide bonds. The van der Waals surface area contributed by atoms with Crippen LogP contribution in [0.15, 0.2) is 78.6 Å². The van der Waals surface area contributed by atoms with Crippen LogP contribution in [0.5, 0.6) is 0 Å². The van der Waals surface area contributed by atoms with Crippen LogP contribution in [0.1, 0.15) is 33.9 Å². The lowest BCUT2D eigenvalue weighted by Crippen LogP contribution is -2.29. The van der Waals surface area contributed by atoms with E-state index in [9.17, 15) is 14.7 Å². The number of benzene rings is 2. The van der Waals surface area contributed by atoms with Gasteiger partial charge in [0.1, 0.15) is 5.76 Å². The van der Waals surface area contributed by atoms with Gasteiger partial charge in [0, 0.05) is 24.5 Å². The van der Waals surface area contributed by atoms with E-state index >= 15 is 0 Å². The van der Waals surface area contributed by atoms with Gasteiger partial charge in [0.2, 0.25) is 0 Å². The zero-order valence-electron chi connectivity index (χ0n) is 16.9. The fourth-order valence-corrected chi connectivity index (χ4v) is 3.69. The van der Waals surface area contributed by atoms with E-state index < -0.39 is 17.7 Å². The number of pyridine rings is 1. The number of carbonyl (C=O) groups is 2. The van der Waals surface area contributed by atoms with Crippen LogP contribution in [0.3, 0.4) is 0 Å². The summed E-state index contributed by atoms with van der Waals surface area (Å²) in [6.45, 7) is 4.15. The third-order valence-electron chi connectivity index (χ3n) is 5.33. The molecule has 1 aliphatic rings. The standard InChI is InChI=1S/C25H22N2O3/c1-16-5-9-19(10-6-16)22-21(23(28)20-11-7-17(2)8-12-20)24(29)25(30)27(22)15-18-4-3-13-26-14-18/h3-14,22,28H,15H2,1-2H3/t22-/m0/s1. The summed E-state index contributed by atoms with van der Waals surface area (Å²) in [5, 5.41) is 11.0. The second-order valence-corrected chi connectivity index (χ2v) is 7.56. The van der Waals surface area contributed by atoms with Crippen LogP contribution in [0.2, 0.25) is 0 Å². The highest BCUT2D eigenvalue weighted by Gasteiger charge is 2.46. The number of amides is 1. The van der Waals surface area contributed by atoms with Gasteiger partial charge in [-0.15, -0.1) is 0 Å². The van der Waals surface area contributed by atoms with Crippen LogP contribution in [-0.4, -0.2) is 26.7 Å². The van der Waals surface area contributed by atoms with Crippen molar-refractivity contribution in [3.8, 4) is 0 Å². The minimum Gasteiger partial charge on any atom is -0.507 e. The summed E-state index contributed by atoms with van der Waals surface area (Å²) >= 11 is 0. The van der Waals surface area contributed by atoms with E-state index in [1.54, 1.807) is 30.6 Å². The smallest absolute Gasteiger partial charge is 0.295 e. The number of hydrogen-bond donors (Lipinski definition) is 1. The van der Waals surface area contributed by atoms with Gasteiger partial charge in [-0.1, -0.05) is 65.7 Å². The molecule has 1 aliphatic heterocycles. The number of nitrogens with zero attached hydrogens (tertiary/aromatic N) is 2. The van der Waals surface area contributed by atoms with E-state index in [0.717, 1.165) is 22.3 Å². The average molecular weight is 398 g/mol. The van der Waals surface area contributed by atoms with Gasteiger partial charge in [-0.3, -0.25) is 14.6 Å². The van der Waals surface area contributed by atoms with Gasteiger partial charge in [0.15, 0.2) is 0 Å². The molecule has 5 nitrogen and oxygen atoms in total. The summed E-state index contributed by atoms with van der Waals surface area (Å²) in [6.07, 6.45) is 3.33. The third-order valence-corrected chi connectivity index (χ3v) is 5.33. The fraction of sp³-hybridized carbons (Fsp3) is 0.160. The lowest BCUT2D eigenvalue weighted by atomic mass is 9.94. The Morgan fingerprint density at radius 1 is 0.967 bits per heavy atom. The number of rotatable bonds is 4. The minimum absolute atomic E-state index is 0.108. The van der Waals surface area contributed by atoms with E-state index in [1.165, 1.54) is 4.90 Å². The van der Waals surface area contributed by atoms with E-state index in [1.807, 2.05) is 56.3 Å². The SMILES string of the molecule is Cc1ccc(C(O)=C2C(=O)C(=O)N(Cc3cccnc3)[C@H]2c2ccc(C)cc2)cc1. The quantitative estimate of drug-likeness (QED) is 0.404. The Balaban J connectivity index is 1.85. The monoisotopic (exact) mass is 398 g/mol. The molecule has 1 N–H and O–H groups in total. The van der Waals surface area contributed by atoms with Gasteiger partial charge in [-0.25, -0.2) is 0 Å². The number of hydrogen-bond acceptors (Lipinski definition) is 4. The summed E-state index contributed by atoms with van der Waals surface area (Å²) in [6, 6.07) is 17.9. The molecule has 0 bridgehead atoms. The predicted octanol–water partition coefficient (Wildman–Crippen LogP) is 4.32. The van der Waals surface area contributed by atoms with Crippen LogP contribution in [0.25, 0.3) is 5.76 Å². The molecule has 2 heterocycles. The molecule has 1 saturated heterocycles. The highest BCUT2D eigenvalue weighted by molar-refractivity contribution is 6.46. The third kappa shape index (κ3) is 3.62. The number of likely N-dealkylation sites (tertiary alicyclic amines) is 1. The van der Waals surface area contributed by atoms with Crippen molar-refractivity contribution in [1.82, 2.24) is 9.88 Å². The molecule has 0 spiro atoms. The number of aromatic nitrogens is 1. The Kier molecular flexibility index (Phi) is 5.19. The van der Waals surface area contributed by atoms with Crippen molar-refractivity contribution < 1.29 is 14.7 Å². The molecule has 5 heteroatoms. The fourth-order valence-electron chi connectivity index (χ4n) is 3.69. The Morgan fingerprint density at radius 2 is 1.60 bits per heavy atom. The maximum absolute atomic E-state index is 13.0. The second kappa shape index (κ2) is 7.95. The highest BCUT2D eigenvalue weighted by Crippen LogP contribution is 2.40. The first-order chi connectivity index (χ1) is 14.5. The van der Waals surface area contributed by atoms with Crippen LogP contribution in [0, 0.1) is 13.8 Å². The Bertz CT molecular complexity index is 1120. The van der Waals surface area contributed by atoms with Gasteiger partial charge >= 0.3 is 0 Å². The van der Waals surface area contributed by atoms with Gasteiger partial charge in [0.05, 0.1) is 11.6 Å². The molecule has 0 unspecified atom stereocenters. The van der Waals surface area contributed by atoms with Crippen molar-refractivity contribution in [2.45, 2.75) is 26.4 Å². The highest BCUT2D eigenvalue weighted by atomic mass is 16.3. The molecule has 0 aliphatic carbocycles. The first-order valence-electron chi connectivity index (χ1n) is 9.76. The molecule has 4 rings (SSSR count). The largest absolute Gasteiger partial charge is 0.507 e. The molecule has 1 aromatic heterocycles. The summed E-state index contributed by atoms with van der Waals surface area (Å²) in [5.74, 6) is -1.46. The van der Waals surface area contributed by atoms with Crippen LogP contribution >= 0.6 is 0 Å². The lowest BCUT2D eigenvalue weighted by Gasteiger charge is -2.25. The van der Waals surface area contributed by atoms with E-state index in [2.05, 4.69) is 4.98 Å². The summed E-state index contributed by atoms with van der Waals surface area (Å²) in [5.41, 5.74) is 4.32. The molecule has 150 valence electrons. The zero-order chi connectivity index (χ0) is 21.3. The summed E-state index contributed by atoms with van der Waals surface area (Å²) in [7, 11) is 0. The van der Waals surface area contributed by atoms with E-state index in [4.69, 9.17) is 0 Å². The Morgan fingerprint density at radius 3 is 2.20 bits per heavy atom. The van der Waals surface area contributed by atoms with Gasteiger partial charge in [-0.2, -0.15) is 0 Å². The molecule has 30 heavy (non-hydrogen) atoms. The number of carbonyl (C=O) groups excluding carboxylic acids is 2. The molecule has 0 saturated carbocycles. The van der Waals surface area contributed by atoms with Crippen molar-refractivity contribution in [2.75, 3.05) is 0 Å². The average Bonchev–Trinajstić information content (AvgIpc) is 3.00. The Labute approximate surface area is 175 Å². The first kappa shape index (κ1) is 19.6. The molecular formula is C25H22N2O3. The molecule has 0 radical (unpaired) electrons. The number of Topliss-reactive ketones (excluding diaryl/α,β-unsaturated/α-hetero) is 1. The van der Waals surface area contributed by atoms with Crippen molar-refractivity contribution in [1.29, 1.82) is 0 Å². The topological polar surface area (TPSA) is 70.5 Å². The number of aliphatic hydroxyl groups is 1. The Hall–Kier alpha value is -3.73. The minimum atomic E-state index is -0.678. The van der Waals surface area contributed by atoms with Crippen molar-refractivity contribution in [3.05, 3.63) is 106 Å². The van der Waals surface area contributed by atoms with Crippen LogP contribution in [0.4, 0.5) is 0 Å². The van der Waals surface area contributed by atoms with Crippen molar-refractivity contribution >= 4 is 17.4 Å². The molecule has 1 atom stereocenters. The lowest BCUT2D eigenvalue weighted by molar-refractivity contribution is -0.140. The second-order valence-electron chi connectivity index (χ2n) is 7.56. The number of aryl methyl sites for hydroxylation is 2. The van der Waals surface area contributed by atoms with Crippen molar-refractivity contribution in [2.24, 2.45) is 0 Å². The maximum Gasteiger partial charge on any atom is 0.295 e. The molecule has 3 aromatic rings. The van der Waals surface area contributed by atoms with Gasteiger partial charge < -0.3 is 10.0 Å². The van der Waals surface area contributed by atoms with Crippen molar-refractivity contribution in [3.63, 3.8) is 0 Å². The van der Waals surface area contributed by atoms with E-state index in [0.29, 0.717) is 5.56 Å². The van der Waals surface area contributed by atoms with Crippen LogP contribution < -0.4 is 0 Å². The zero-order valence-corrected chi connectivity index (χ0v) is 16.9. The molecular weight excluding hydrogens is 376 g/mol. The summed E-state index contributed by atoms with van der Waals surface area (Å²) < 4.78 is 0. The predicted molar refractivity (Wildman–Crippen MR) is 114 cm³/mol. The molecule has 2 aromatic carbocycles. The number of aliphatic hydroxyl groups excluding tert-OH is 1. The number of ketones is 1. The maximum atomic E-state index is 13.0. The van der Waals surface area contributed by atoms with Crippen LogP contribution in [-0.2, 0) is 16.1 Å². The van der Waals surface area contributed by atoms with Gasteiger partial charge in [0.25, 0.3) is 11.7 Å². The summed E-state index contributed by atoms with van der Waals surface area (Å²) in [4.78, 5) is 31.6. The van der Waals surface area contributed by atoms with E-state index in [-0.39, 0.29) is 17.9 Å². The molecule has 1 fully saturated rings. The normalized spacial score (nSPS) is 18.1.